The van der Waals surface area contributed by atoms with Crippen molar-refractivity contribution in [3.63, 3.8) is 0 Å². The fraction of sp³-hybridized carbons (Fsp3) is 0.250. The summed E-state index contributed by atoms with van der Waals surface area (Å²) in [5, 5.41) is 13.3. The van der Waals surface area contributed by atoms with Crippen molar-refractivity contribution in [2.45, 2.75) is 20.5 Å². The molecule has 0 aliphatic carbocycles. The monoisotopic (exact) mass is 260 g/mol. The minimum absolute atomic E-state index is 0.455. The van der Waals surface area contributed by atoms with Gasteiger partial charge in [-0.2, -0.15) is 9.61 Å². The first-order valence-corrected chi connectivity index (χ1v) is 6.41. The van der Waals surface area contributed by atoms with Gasteiger partial charge in [-0.3, -0.25) is 0 Å². The van der Waals surface area contributed by atoms with E-state index in [1.165, 1.54) is 16.9 Å². The molecular weight excluding hydrogens is 248 g/mol. The average Bonchev–Trinajstić information content (AvgIpc) is 2.90. The van der Waals surface area contributed by atoms with Gasteiger partial charge in [0.05, 0.1) is 0 Å². The number of rotatable bonds is 3. The molecule has 92 valence electrons. The van der Waals surface area contributed by atoms with Crippen molar-refractivity contribution < 1.29 is 4.74 Å². The molecule has 0 unspecified atom stereocenters. The van der Waals surface area contributed by atoms with Gasteiger partial charge in [-0.1, -0.05) is 23.5 Å². The molecule has 0 atom stereocenters. The van der Waals surface area contributed by atoms with Crippen LogP contribution in [0.2, 0.25) is 0 Å². The Morgan fingerprint density at radius 2 is 2.17 bits per heavy atom. The van der Waals surface area contributed by atoms with Crippen LogP contribution in [0.25, 0.3) is 4.96 Å². The van der Waals surface area contributed by atoms with Crippen molar-refractivity contribution in [1.82, 2.24) is 19.8 Å². The average molecular weight is 260 g/mol. The number of fused-ring (bicyclic) bond motifs is 1. The zero-order chi connectivity index (χ0) is 12.5. The lowest BCUT2D eigenvalue weighted by Crippen LogP contribution is -1.97. The Morgan fingerprint density at radius 3 is 2.94 bits per heavy atom. The first-order valence-electron chi connectivity index (χ1n) is 5.59. The molecule has 2 aromatic heterocycles. The smallest absolute Gasteiger partial charge is 0.234 e. The predicted octanol–water partition coefficient (Wildman–Crippen LogP) is 2.38. The summed E-state index contributed by atoms with van der Waals surface area (Å²) in [6, 6.07) is 7.97. The molecule has 0 spiro atoms. The minimum atomic E-state index is 0.455. The van der Waals surface area contributed by atoms with Gasteiger partial charge in [0.25, 0.3) is 0 Å². The Labute approximate surface area is 108 Å². The predicted molar refractivity (Wildman–Crippen MR) is 68.9 cm³/mol. The second-order valence-corrected chi connectivity index (χ2v) is 5.08. The first-order chi connectivity index (χ1) is 8.72. The van der Waals surface area contributed by atoms with Crippen molar-refractivity contribution in [1.29, 1.82) is 0 Å². The fourth-order valence-corrected chi connectivity index (χ4v) is 2.46. The summed E-state index contributed by atoms with van der Waals surface area (Å²) >= 11 is 1.49. The molecule has 0 amide bonds. The zero-order valence-corrected chi connectivity index (χ0v) is 10.9. The molecule has 18 heavy (non-hydrogen) atoms. The largest absolute Gasteiger partial charge is 0.486 e. The van der Waals surface area contributed by atoms with Crippen LogP contribution in [-0.4, -0.2) is 19.8 Å². The summed E-state index contributed by atoms with van der Waals surface area (Å²) in [4.78, 5) is 0.801. The fourth-order valence-electron chi connectivity index (χ4n) is 1.66. The number of nitrogens with zero attached hydrogens (tertiary/aromatic N) is 4. The van der Waals surface area contributed by atoms with Crippen LogP contribution >= 0.6 is 11.3 Å². The molecule has 0 fully saturated rings. The highest BCUT2D eigenvalue weighted by Crippen LogP contribution is 2.17. The molecule has 6 heteroatoms. The third-order valence-corrected chi connectivity index (χ3v) is 3.41. The zero-order valence-electron chi connectivity index (χ0n) is 10.1. The second kappa shape index (κ2) is 4.38. The molecule has 0 aliphatic rings. The van der Waals surface area contributed by atoms with Crippen molar-refractivity contribution in [2.75, 3.05) is 0 Å². The van der Waals surface area contributed by atoms with E-state index in [0.717, 1.165) is 21.5 Å². The Balaban J connectivity index is 1.76. The third-order valence-electron chi connectivity index (χ3n) is 2.54. The van der Waals surface area contributed by atoms with E-state index in [-0.39, 0.29) is 0 Å². The Hall–Kier alpha value is -1.95. The lowest BCUT2D eigenvalue weighted by molar-refractivity contribution is 0.304. The van der Waals surface area contributed by atoms with Gasteiger partial charge in [0, 0.05) is 0 Å². The number of hydrogen-bond acceptors (Lipinski definition) is 5. The molecule has 1 aromatic carbocycles. The van der Waals surface area contributed by atoms with Crippen LogP contribution in [0.4, 0.5) is 0 Å². The number of benzene rings is 1. The van der Waals surface area contributed by atoms with E-state index in [2.05, 4.69) is 15.3 Å². The molecule has 0 N–H and O–H groups in total. The molecule has 0 aliphatic heterocycles. The number of aromatic nitrogens is 4. The maximum absolute atomic E-state index is 5.70. The number of hydrogen-bond donors (Lipinski definition) is 0. The van der Waals surface area contributed by atoms with Gasteiger partial charge in [-0.05, 0) is 31.5 Å². The summed E-state index contributed by atoms with van der Waals surface area (Å²) in [7, 11) is 0. The first kappa shape index (κ1) is 11.2. The van der Waals surface area contributed by atoms with Crippen LogP contribution in [0.15, 0.2) is 24.3 Å². The second-order valence-electron chi connectivity index (χ2n) is 4.04. The van der Waals surface area contributed by atoms with E-state index in [0.29, 0.717) is 6.61 Å². The van der Waals surface area contributed by atoms with E-state index in [1.807, 2.05) is 38.1 Å². The highest BCUT2D eigenvalue weighted by atomic mass is 32.1. The van der Waals surface area contributed by atoms with Gasteiger partial charge in [0.15, 0.2) is 10.8 Å². The molecule has 3 rings (SSSR count). The van der Waals surface area contributed by atoms with E-state index in [4.69, 9.17) is 4.74 Å². The standard InChI is InChI=1S/C12H12N4OS/c1-8-4-3-5-10(6-8)17-7-11-15-16-9(2)13-14-12(16)18-11/h3-6H,7H2,1-2H3. The van der Waals surface area contributed by atoms with E-state index in [1.54, 1.807) is 4.52 Å². The quantitative estimate of drug-likeness (QED) is 0.725. The molecule has 0 saturated heterocycles. The molecule has 5 nitrogen and oxygen atoms in total. The van der Waals surface area contributed by atoms with Gasteiger partial charge in [-0.15, -0.1) is 10.2 Å². The summed E-state index contributed by atoms with van der Waals surface area (Å²) in [5.41, 5.74) is 1.18. The SMILES string of the molecule is Cc1cccc(OCc2nn3c(C)nnc3s2)c1. The minimum Gasteiger partial charge on any atom is -0.486 e. The summed E-state index contributed by atoms with van der Waals surface area (Å²) in [6.07, 6.45) is 0. The van der Waals surface area contributed by atoms with Crippen molar-refractivity contribution in [2.24, 2.45) is 0 Å². The van der Waals surface area contributed by atoms with Crippen LogP contribution in [0.3, 0.4) is 0 Å². The third kappa shape index (κ3) is 2.06. The Kier molecular flexibility index (Phi) is 2.71. The normalized spacial score (nSPS) is 11.0. The summed E-state index contributed by atoms with van der Waals surface area (Å²) in [5.74, 6) is 1.65. The van der Waals surface area contributed by atoms with Crippen LogP contribution in [0.5, 0.6) is 5.75 Å². The van der Waals surface area contributed by atoms with Crippen LogP contribution in [0.1, 0.15) is 16.4 Å². The lowest BCUT2D eigenvalue weighted by atomic mass is 10.2. The van der Waals surface area contributed by atoms with Gasteiger partial charge >= 0.3 is 0 Å². The lowest BCUT2D eigenvalue weighted by Gasteiger charge is -2.03. The Bertz CT molecular complexity index is 688. The van der Waals surface area contributed by atoms with Gasteiger partial charge in [-0.25, -0.2) is 0 Å². The molecule has 2 heterocycles. The number of ether oxygens (including phenoxy) is 1. The van der Waals surface area contributed by atoms with Crippen LogP contribution in [0, 0.1) is 13.8 Å². The molecule has 0 saturated carbocycles. The van der Waals surface area contributed by atoms with Crippen LogP contribution in [-0.2, 0) is 6.61 Å². The number of aryl methyl sites for hydroxylation is 2. The maximum atomic E-state index is 5.70. The summed E-state index contributed by atoms with van der Waals surface area (Å²) in [6.45, 7) is 4.38. The molecule has 3 aromatic rings. The molecule has 0 bridgehead atoms. The Morgan fingerprint density at radius 1 is 1.28 bits per heavy atom. The van der Waals surface area contributed by atoms with Crippen LogP contribution < -0.4 is 4.74 Å². The van der Waals surface area contributed by atoms with E-state index >= 15 is 0 Å². The van der Waals surface area contributed by atoms with Crippen molar-refractivity contribution in [3.8, 4) is 5.75 Å². The topological polar surface area (TPSA) is 52.3 Å². The maximum Gasteiger partial charge on any atom is 0.234 e. The van der Waals surface area contributed by atoms with Gasteiger partial charge in [0.2, 0.25) is 4.96 Å². The van der Waals surface area contributed by atoms with Gasteiger partial charge in [0.1, 0.15) is 12.4 Å². The van der Waals surface area contributed by atoms with Crippen molar-refractivity contribution in [3.05, 3.63) is 40.7 Å². The van der Waals surface area contributed by atoms with E-state index < -0.39 is 0 Å². The van der Waals surface area contributed by atoms with Gasteiger partial charge < -0.3 is 4.74 Å². The highest BCUT2D eigenvalue weighted by Gasteiger charge is 2.08. The summed E-state index contributed by atoms with van der Waals surface area (Å²) < 4.78 is 7.43. The molecule has 0 radical (unpaired) electrons. The van der Waals surface area contributed by atoms with E-state index in [9.17, 15) is 0 Å². The highest BCUT2D eigenvalue weighted by molar-refractivity contribution is 7.16. The van der Waals surface area contributed by atoms with Crippen molar-refractivity contribution >= 4 is 16.3 Å². The molecular formula is C12H12N4OS.